The van der Waals surface area contributed by atoms with Gasteiger partial charge in [-0.1, -0.05) is 28.1 Å². The van der Waals surface area contributed by atoms with Gasteiger partial charge in [0.15, 0.2) is 0 Å². The summed E-state index contributed by atoms with van der Waals surface area (Å²) in [7, 11) is 0. The van der Waals surface area contributed by atoms with E-state index < -0.39 is 0 Å². The zero-order valence-electron chi connectivity index (χ0n) is 10.7. The molecule has 2 rings (SSSR count). The number of benzene rings is 1. The quantitative estimate of drug-likeness (QED) is 0.941. The highest BCUT2D eigenvalue weighted by Crippen LogP contribution is 2.15. The Labute approximate surface area is 121 Å². The van der Waals surface area contributed by atoms with E-state index >= 15 is 0 Å². The summed E-state index contributed by atoms with van der Waals surface area (Å²) >= 11 is 3.38. The Morgan fingerprint density at radius 2 is 2.16 bits per heavy atom. The smallest absolute Gasteiger partial charge is 0.251 e. The highest BCUT2D eigenvalue weighted by atomic mass is 79.9. The molecule has 2 aromatic rings. The number of amides is 1. The number of aromatic nitrogens is 1. The molecule has 1 N–H and O–H groups in total. The maximum atomic E-state index is 12.1. The molecule has 19 heavy (non-hydrogen) atoms. The van der Waals surface area contributed by atoms with E-state index in [1.54, 1.807) is 6.20 Å². The van der Waals surface area contributed by atoms with E-state index in [0.717, 1.165) is 22.2 Å². The molecule has 0 radical (unpaired) electrons. The summed E-state index contributed by atoms with van der Waals surface area (Å²) in [6.45, 7) is 2.52. The highest BCUT2D eigenvalue weighted by Gasteiger charge is 2.08. The Morgan fingerprint density at radius 3 is 2.89 bits per heavy atom. The topological polar surface area (TPSA) is 42.0 Å². The molecule has 1 aromatic heterocycles. The van der Waals surface area contributed by atoms with Crippen molar-refractivity contribution < 1.29 is 4.79 Å². The molecule has 0 bridgehead atoms. The number of hydrogen-bond acceptors (Lipinski definition) is 2. The number of carbonyl (C=O) groups excluding carboxylic acids is 1. The molecule has 4 heteroatoms. The van der Waals surface area contributed by atoms with Crippen molar-refractivity contribution in [2.75, 3.05) is 6.54 Å². The van der Waals surface area contributed by atoms with Crippen molar-refractivity contribution in [3.05, 3.63) is 63.9 Å². The maximum absolute atomic E-state index is 12.1. The second-order valence-electron chi connectivity index (χ2n) is 4.29. The van der Waals surface area contributed by atoms with Gasteiger partial charge in [-0.25, -0.2) is 0 Å². The van der Waals surface area contributed by atoms with Gasteiger partial charge in [0.05, 0.1) is 0 Å². The minimum atomic E-state index is -0.0465. The first-order valence-electron chi connectivity index (χ1n) is 6.11. The van der Waals surface area contributed by atoms with E-state index in [1.165, 1.54) is 0 Å². The average molecular weight is 319 g/mol. The van der Waals surface area contributed by atoms with Gasteiger partial charge in [-0.3, -0.25) is 9.78 Å². The largest absolute Gasteiger partial charge is 0.352 e. The molecule has 0 fully saturated rings. The predicted octanol–water partition coefficient (Wildman–Crippen LogP) is 3.13. The molecule has 1 heterocycles. The number of aryl methyl sites for hydroxylation is 1. The summed E-state index contributed by atoms with van der Waals surface area (Å²) in [6.07, 6.45) is 2.50. The van der Waals surface area contributed by atoms with Crippen molar-refractivity contribution in [3.8, 4) is 0 Å². The van der Waals surface area contributed by atoms with Crippen LogP contribution in [0.2, 0.25) is 0 Å². The number of halogens is 1. The number of rotatable bonds is 4. The van der Waals surface area contributed by atoms with Crippen LogP contribution >= 0.6 is 15.9 Å². The van der Waals surface area contributed by atoms with Gasteiger partial charge < -0.3 is 5.32 Å². The summed E-state index contributed by atoms with van der Waals surface area (Å²) in [5.74, 6) is -0.0465. The van der Waals surface area contributed by atoms with Crippen LogP contribution in [0.25, 0.3) is 0 Å². The summed E-state index contributed by atoms with van der Waals surface area (Å²) in [5, 5.41) is 2.92. The monoisotopic (exact) mass is 318 g/mol. The molecule has 0 aliphatic rings. The second-order valence-corrected chi connectivity index (χ2v) is 5.20. The van der Waals surface area contributed by atoms with Gasteiger partial charge in [0, 0.05) is 34.9 Å². The standard InChI is InChI=1S/C15H15BrN2O/c1-11-5-6-12(16)10-14(11)15(19)18-9-7-13-4-2-3-8-17-13/h2-6,8,10H,7,9H2,1H3,(H,18,19). The first-order chi connectivity index (χ1) is 9.16. The van der Waals surface area contributed by atoms with Gasteiger partial charge in [0.2, 0.25) is 0 Å². The van der Waals surface area contributed by atoms with Crippen molar-refractivity contribution in [2.45, 2.75) is 13.3 Å². The Bertz CT molecular complexity index is 570. The van der Waals surface area contributed by atoms with Crippen LogP contribution < -0.4 is 5.32 Å². The van der Waals surface area contributed by atoms with Crippen LogP contribution in [-0.4, -0.2) is 17.4 Å². The molecule has 0 spiro atoms. The molecule has 0 saturated carbocycles. The number of nitrogens with one attached hydrogen (secondary N) is 1. The number of nitrogens with zero attached hydrogens (tertiary/aromatic N) is 1. The molecule has 0 atom stereocenters. The summed E-state index contributed by atoms with van der Waals surface area (Å²) in [4.78, 5) is 16.3. The maximum Gasteiger partial charge on any atom is 0.251 e. The fourth-order valence-corrected chi connectivity index (χ4v) is 2.15. The van der Waals surface area contributed by atoms with Gasteiger partial charge in [-0.2, -0.15) is 0 Å². The lowest BCUT2D eigenvalue weighted by Crippen LogP contribution is -2.26. The molecule has 1 aromatic carbocycles. The first-order valence-corrected chi connectivity index (χ1v) is 6.90. The minimum Gasteiger partial charge on any atom is -0.352 e. The number of hydrogen-bond donors (Lipinski definition) is 1. The Morgan fingerprint density at radius 1 is 1.32 bits per heavy atom. The average Bonchev–Trinajstić information content (AvgIpc) is 2.42. The normalized spacial score (nSPS) is 10.2. The van der Waals surface area contributed by atoms with Crippen LogP contribution in [-0.2, 0) is 6.42 Å². The van der Waals surface area contributed by atoms with E-state index in [1.807, 2.05) is 43.3 Å². The molecule has 0 aliphatic heterocycles. The number of carbonyl (C=O) groups is 1. The summed E-state index contributed by atoms with van der Waals surface area (Å²) in [5.41, 5.74) is 2.66. The fourth-order valence-electron chi connectivity index (χ4n) is 1.78. The van der Waals surface area contributed by atoms with Gasteiger partial charge >= 0.3 is 0 Å². The Hall–Kier alpha value is -1.68. The van der Waals surface area contributed by atoms with E-state index in [2.05, 4.69) is 26.2 Å². The van der Waals surface area contributed by atoms with Crippen molar-refractivity contribution in [1.29, 1.82) is 0 Å². The molecule has 98 valence electrons. The molecule has 0 aliphatic carbocycles. The lowest BCUT2D eigenvalue weighted by atomic mass is 10.1. The fraction of sp³-hybridized carbons (Fsp3) is 0.200. The van der Waals surface area contributed by atoms with Crippen molar-refractivity contribution >= 4 is 21.8 Å². The van der Waals surface area contributed by atoms with Crippen molar-refractivity contribution in [1.82, 2.24) is 10.3 Å². The van der Waals surface area contributed by atoms with Gasteiger partial charge in [-0.15, -0.1) is 0 Å². The second kappa shape index (κ2) is 6.48. The van der Waals surface area contributed by atoms with Gasteiger partial charge in [0.25, 0.3) is 5.91 Å². The third-order valence-corrected chi connectivity index (χ3v) is 3.33. The van der Waals surface area contributed by atoms with E-state index in [-0.39, 0.29) is 5.91 Å². The van der Waals surface area contributed by atoms with Crippen LogP contribution in [0.1, 0.15) is 21.6 Å². The van der Waals surface area contributed by atoms with E-state index in [9.17, 15) is 4.79 Å². The van der Waals surface area contributed by atoms with Crippen LogP contribution in [0, 0.1) is 6.92 Å². The SMILES string of the molecule is Cc1ccc(Br)cc1C(=O)NCCc1ccccn1. The minimum absolute atomic E-state index is 0.0465. The molecule has 0 saturated heterocycles. The Kier molecular flexibility index (Phi) is 4.68. The van der Waals surface area contributed by atoms with Crippen molar-refractivity contribution in [2.24, 2.45) is 0 Å². The highest BCUT2D eigenvalue weighted by molar-refractivity contribution is 9.10. The van der Waals surface area contributed by atoms with Crippen LogP contribution in [0.4, 0.5) is 0 Å². The Balaban J connectivity index is 1.93. The molecule has 3 nitrogen and oxygen atoms in total. The zero-order valence-corrected chi connectivity index (χ0v) is 12.3. The van der Waals surface area contributed by atoms with Gasteiger partial charge in [0.1, 0.15) is 0 Å². The lowest BCUT2D eigenvalue weighted by Gasteiger charge is -2.08. The molecular formula is C15H15BrN2O. The first kappa shape index (κ1) is 13.7. The lowest BCUT2D eigenvalue weighted by molar-refractivity contribution is 0.0953. The van der Waals surface area contributed by atoms with E-state index in [4.69, 9.17) is 0 Å². The number of pyridine rings is 1. The predicted molar refractivity (Wildman–Crippen MR) is 79.2 cm³/mol. The molecule has 1 amide bonds. The van der Waals surface area contributed by atoms with Crippen LogP contribution in [0.3, 0.4) is 0 Å². The molecular weight excluding hydrogens is 304 g/mol. The van der Waals surface area contributed by atoms with Gasteiger partial charge in [-0.05, 0) is 36.8 Å². The third-order valence-electron chi connectivity index (χ3n) is 2.84. The summed E-state index contributed by atoms with van der Waals surface area (Å²) in [6, 6.07) is 11.5. The van der Waals surface area contributed by atoms with Crippen molar-refractivity contribution in [3.63, 3.8) is 0 Å². The third kappa shape index (κ3) is 3.89. The van der Waals surface area contributed by atoms with E-state index in [0.29, 0.717) is 12.1 Å². The van der Waals surface area contributed by atoms with Crippen LogP contribution in [0.15, 0.2) is 47.1 Å². The molecule has 0 unspecified atom stereocenters. The summed E-state index contributed by atoms with van der Waals surface area (Å²) < 4.78 is 0.910. The van der Waals surface area contributed by atoms with Crippen LogP contribution in [0.5, 0.6) is 0 Å². The zero-order chi connectivity index (χ0) is 13.7.